The second-order valence-corrected chi connectivity index (χ2v) is 7.80. The Bertz CT molecular complexity index is 1130. The number of hydrogen-bond donors (Lipinski definition) is 2. The number of hydrogen-bond acceptors (Lipinski definition) is 7. The molecule has 1 atom stereocenters. The Morgan fingerprint density at radius 2 is 2.09 bits per heavy atom. The summed E-state index contributed by atoms with van der Waals surface area (Å²) >= 11 is 1.26. The molecule has 1 aliphatic heterocycles. The van der Waals surface area contributed by atoms with E-state index in [0.717, 1.165) is 0 Å². The van der Waals surface area contributed by atoms with Crippen LogP contribution in [0.15, 0.2) is 72.1 Å². The second kappa shape index (κ2) is 11.4. The van der Waals surface area contributed by atoms with Crippen molar-refractivity contribution in [3.63, 3.8) is 0 Å². The highest BCUT2D eigenvalue weighted by Gasteiger charge is 2.16. The van der Waals surface area contributed by atoms with Gasteiger partial charge in [0, 0.05) is 29.6 Å². The minimum Gasteiger partial charge on any atom is -0.493 e. The predicted molar refractivity (Wildman–Crippen MR) is 127 cm³/mol. The molecule has 1 aliphatic rings. The topological polar surface area (TPSA) is 93.6 Å². The number of nitrogens with zero attached hydrogens (tertiary/aromatic N) is 2. The Morgan fingerprint density at radius 3 is 2.85 bits per heavy atom. The average Bonchev–Trinajstić information content (AvgIpc) is 2.91. The summed E-state index contributed by atoms with van der Waals surface area (Å²) in [5.74, 6) is 0.837. The number of aromatic nitrogens is 2. The van der Waals surface area contributed by atoms with Gasteiger partial charge in [0.25, 0.3) is 5.91 Å². The molecule has 33 heavy (non-hydrogen) atoms. The maximum atomic E-state index is 13.6. The van der Waals surface area contributed by atoms with E-state index in [1.54, 1.807) is 41.8 Å². The van der Waals surface area contributed by atoms with Crippen LogP contribution in [-0.2, 0) is 0 Å². The van der Waals surface area contributed by atoms with Crippen LogP contribution in [0.5, 0.6) is 11.5 Å². The molecule has 0 saturated heterocycles. The Kier molecular flexibility index (Phi) is 8.39. The largest absolute Gasteiger partial charge is 0.493 e. The van der Waals surface area contributed by atoms with Crippen LogP contribution in [0.25, 0.3) is 5.57 Å². The fourth-order valence-corrected chi connectivity index (χ4v) is 3.71. The van der Waals surface area contributed by atoms with Crippen LogP contribution in [0.2, 0.25) is 0 Å². The van der Waals surface area contributed by atoms with Gasteiger partial charge in [-0.2, -0.15) is 0 Å². The first-order valence-corrected chi connectivity index (χ1v) is 11.0. The zero-order chi connectivity index (χ0) is 23.8. The van der Waals surface area contributed by atoms with E-state index >= 15 is 0 Å². The van der Waals surface area contributed by atoms with E-state index in [2.05, 4.69) is 21.9 Å². The van der Waals surface area contributed by atoms with Crippen LogP contribution >= 0.6 is 11.8 Å². The zero-order valence-electron chi connectivity index (χ0n) is 18.2. The van der Waals surface area contributed by atoms with E-state index < -0.39 is 6.10 Å². The second-order valence-electron chi connectivity index (χ2n) is 6.94. The van der Waals surface area contributed by atoms with Crippen molar-refractivity contribution in [2.75, 3.05) is 26.5 Å². The van der Waals surface area contributed by atoms with E-state index in [1.165, 1.54) is 38.3 Å². The number of amides is 1. The van der Waals surface area contributed by atoms with Crippen LogP contribution in [0.4, 0.5) is 4.39 Å². The van der Waals surface area contributed by atoms with Crippen LogP contribution in [0.1, 0.15) is 28.0 Å². The lowest BCUT2D eigenvalue weighted by atomic mass is 10.1. The zero-order valence-corrected chi connectivity index (χ0v) is 19.1. The molecule has 0 radical (unpaired) electrons. The number of ether oxygens (including phenoxy) is 2. The number of allylic oxidation sites excluding steroid dienone is 5. The number of benzene rings is 1. The monoisotopic (exact) mass is 469 g/mol. The first-order chi connectivity index (χ1) is 15.9. The molecule has 0 aliphatic carbocycles. The maximum Gasteiger partial charge on any atom is 0.251 e. The van der Waals surface area contributed by atoms with Gasteiger partial charge >= 0.3 is 0 Å². The lowest BCUT2D eigenvalue weighted by molar-refractivity contribution is 0.0913. The third-order valence-corrected chi connectivity index (χ3v) is 5.55. The molecule has 0 saturated carbocycles. The molecule has 1 aromatic heterocycles. The number of thioether (sulfide) groups is 1. The summed E-state index contributed by atoms with van der Waals surface area (Å²) < 4.78 is 24.0. The lowest BCUT2D eigenvalue weighted by Crippen LogP contribution is -2.28. The van der Waals surface area contributed by atoms with Crippen molar-refractivity contribution in [3.05, 3.63) is 89.2 Å². The first-order valence-electron chi connectivity index (χ1n) is 9.98. The smallest absolute Gasteiger partial charge is 0.251 e. The van der Waals surface area contributed by atoms with Crippen LogP contribution < -0.4 is 14.8 Å². The minimum atomic E-state index is -1.07. The number of aliphatic hydroxyl groups is 1. The number of aliphatic hydroxyl groups excluding tert-OH is 1. The van der Waals surface area contributed by atoms with E-state index in [-0.39, 0.29) is 24.0 Å². The van der Waals surface area contributed by atoms with Crippen LogP contribution in [0.3, 0.4) is 0 Å². The summed E-state index contributed by atoms with van der Waals surface area (Å²) in [7, 11) is 3.00. The van der Waals surface area contributed by atoms with E-state index in [4.69, 9.17) is 9.47 Å². The third kappa shape index (κ3) is 6.30. The lowest BCUT2D eigenvalue weighted by Gasteiger charge is -2.14. The molecule has 1 unspecified atom stereocenters. The van der Waals surface area contributed by atoms with Crippen molar-refractivity contribution in [2.45, 2.75) is 6.10 Å². The normalized spacial score (nSPS) is 17.4. The van der Waals surface area contributed by atoms with Crippen molar-refractivity contribution < 1.29 is 23.8 Å². The van der Waals surface area contributed by atoms with Crippen molar-refractivity contribution >= 4 is 23.2 Å². The molecule has 7 nitrogen and oxygen atoms in total. The molecule has 9 heteroatoms. The fraction of sp³-hybridized carbons (Fsp3) is 0.208. The van der Waals surface area contributed by atoms with Gasteiger partial charge in [0.15, 0.2) is 17.3 Å². The van der Waals surface area contributed by atoms with Crippen molar-refractivity contribution in [2.24, 2.45) is 0 Å². The van der Waals surface area contributed by atoms with Crippen molar-refractivity contribution in [1.82, 2.24) is 15.3 Å². The van der Waals surface area contributed by atoms with Crippen molar-refractivity contribution in [1.29, 1.82) is 0 Å². The van der Waals surface area contributed by atoms with Gasteiger partial charge in [-0.05, 0) is 41.3 Å². The molecule has 0 bridgehead atoms. The van der Waals surface area contributed by atoms with Crippen LogP contribution in [0, 0.1) is 0 Å². The van der Waals surface area contributed by atoms with Gasteiger partial charge < -0.3 is 19.9 Å². The summed E-state index contributed by atoms with van der Waals surface area (Å²) in [6.07, 6.45) is 5.10. The molecule has 3 rings (SSSR count). The van der Waals surface area contributed by atoms with Gasteiger partial charge in [0.1, 0.15) is 11.9 Å². The number of halogens is 1. The molecule has 172 valence electrons. The highest BCUT2D eigenvalue weighted by molar-refractivity contribution is 8.02. The summed E-state index contributed by atoms with van der Waals surface area (Å²) in [6, 6.07) is 6.36. The maximum absolute atomic E-state index is 13.6. The van der Waals surface area contributed by atoms with Gasteiger partial charge in [0.2, 0.25) is 0 Å². The summed E-state index contributed by atoms with van der Waals surface area (Å²) in [5, 5.41) is 15.0. The summed E-state index contributed by atoms with van der Waals surface area (Å²) in [6.45, 7) is 3.93. The molecule has 2 heterocycles. The molecule has 2 aromatic rings. The number of carbonyl (C=O) groups excluding carboxylic acids is 1. The van der Waals surface area contributed by atoms with Gasteiger partial charge in [-0.3, -0.25) is 4.79 Å². The SMILES string of the molecule is C=C1/C=C\C=C(\F)CSC=C1c1nccc(C(O)CNC(=O)c2ccc(OC)c(OC)c2)n1. The summed E-state index contributed by atoms with van der Waals surface area (Å²) in [4.78, 5) is 21.2. The predicted octanol–water partition coefficient (Wildman–Crippen LogP) is 4.01. The van der Waals surface area contributed by atoms with Gasteiger partial charge in [0.05, 0.1) is 19.9 Å². The number of carbonyl (C=O) groups is 1. The number of methoxy groups -OCH3 is 2. The van der Waals surface area contributed by atoms with Gasteiger partial charge in [-0.25, -0.2) is 14.4 Å². The quantitative estimate of drug-likeness (QED) is 0.633. The molecule has 1 aromatic carbocycles. The first kappa shape index (κ1) is 24.2. The fourth-order valence-electron chi connectivity index (χ4n) is 2.94. The summed E-state index contributed by atoms with van der Waals surface area (Å²) in [5.41, 5.74) is 1.93. The average molecular weight is 470 g/mol. The van der Waals surface area contributed by atoms with Crippen LogP contribution in [-0.4, -0.2) is 47.5 Å². The minimum absolute atomic E-state index is 0.0621. The molecule has 1 amide bonds. The Morgan fingerprint density at radius 1 is 1.30 bits per heavy atom. The molecular formula is C24H24FN3O4S. The highest BCUT2D eigenvalue weighted by Crippen LogP contribution is 2.28. The van der Waals surface area contributed by atoms with E-state index in [0.29, 0.717) is 39.7 Å². The molecular weight excluding hydrogens is 445 g/mol. The van der Waals surface area contributed by atoms with E-state index in [9.17, 15) is 14.3 Å². The van der Waals surface area contributed by atoms with Gasteiger partial charge in [-0.1, -0.05) is 18.7 Å². The molecule has 0 fully saturated rings. The Balaban J connectivity index is 1.71. The highest BCUT2D eigenvalue weighted by atomic mass is 32.2. The van der Waals surface area contributed by atoms with Crippen molar-refractivity contribution in [3.8, 4) is 11.5 Å². The number of rotatable bonds is 7. The molecule has 2 N–H and O–H groups in total. The van der Waals surface area contributed by atoms with Gasteiger partial charge in [-0.15, -0.1) is 11.8 Å². The third-order valence-electron chi connectivity index (χ3n) is 4.70. The Labute approximate surface area is 195 Å². The standard InChI is InChI=1S/C24H24FN3O4S/c1-15-5-4-6-17(25)13-33-14-18(15)23-26-10-9-19(28-23)20(29)12-27-24(30)16-7-8-21(31-2)22(11-16)32-3/h4-11,14,20,29H,1,12-13H2,2-3H3,(H,27,30)/b5-4-,17-6+,18-14?. The number of nitrogens with one attached hydrogen (secondary N) is 1. The Hall–Kier alpha value is -3.43. The van der Waals surface area contributed by atoms with E-state index in [1.807, 2.05) is 0 Å². The molecule has 0 spiro atoms.